The second kappa shape index (κ2) is 3.69. The monoisotopic (exact) mass is 203 g/mol. The van der Waals surface area contributed by atoms with Crippen molar-refractivity contribution in [3.05, 3.63) is 29.8 Å². The van der Waals surface area contributed by atoms with Crippen molar-refractivity contribution >= 4 is 11.5 Å². The van der Waals surface area contributed by atoms with E-state index in [1.54, 1.807) is 6.07 Å². The lowest BCUT2D eigenvalue weighted by Gasteiger charge is -2.37. The maximum atomic E-state index is 12.0. The van der Waals surface area contributed by atoms with Crippen LogP contribution in [0.2, 0.25) is 0 Å². The number of rotatable bonds is 3. The first-order valence-corrected chi connectivity index (χ1v) is 5.48. The van der Waals surface area contributed by atoms with Crippen molar-refractivity contribution in [1.82, 2.24) is 0 Å². The lowest BCUT2D eigenvalue weighted by molar-refractivity contribution is 0.0817. The summed E-state index contributed by atoms with van der Waals surface area (Å²) in [6.45, 7) is 2.19. The molecule has 1 aromatic rings. The van der Waals surface area contributed by atoms with Crippen molar-refractivity contribution in [2.45, 2.75) is 32.6 Å². The minimum Gasteiger partial charge on any atom is -0.398 e. The maximum absolute atomic E-state index is 12.0. The number of nitrogens with two attached hydrogens (primary N) is 1. The van der Waals surface area contributed by atoms with Gasteiger partial charge in [0.1, 0.15) is 0 Å². The minimum absolute atomic E-state index is 0.190. The molecule has 1 saturated carbocycles. The van der Waals surface area contributed by atoms with E-state index < -0.39 is 0 Å². The van der Waals surface area contributed by atoms with Crippen LogP contribution in [0.4, 0.5) is 5.69 Å². The molecule has 0 unspecified atom stereocenters. The number of ketones is 1. The molecule has 0 heterocycles. The molecule has 1 aromatic carbocycles. The first kappa shape index (κ1) is 10.2. The summed E-state index contributed by atoms with van der Waals surface area (Å²) in [5.74, 6) is 0.190. The van der Waals surface area contributed by atoms with Crippen LogP contribution in [0.1, 0.15) is 43.0 Å². The summed E-state index contributed by atoms with van der Waals surface area (Å²) in [5.41, 5.74) is 7.30. The van der Waals surface area contributed by atoms with Crippen LogP contribution in [0, 0.1) is 5.41 Å². The number of benzene rings is 1. The summed E-state index contributed by atoms with van der Waals surface area (Å²) in [7, 11) is 0. The Hall–Kier alpha value is -1.31. The molecule has 0 amide bonds. The third-order valence-electron chi connectivity index (χ3n) is 3.41. The third kappa shape index (κ3) is 2.04. The van der Waals surface area contributed by atoms with Gasteiger partial charge in [-0.1, -0.05) is 25.5 Å². The average Bonchev–Trinajstić information content (AvgIpc) is 2.16. The zero-order valence-corrected chi connectivity index (χ0v) is 9.12. The quantitative estimate of drug-likeness (QED) is 0.606. The Morgan fingerprint density at radius 3 is 2.60 bits per heavy atom. The molecule has 0 aromatic heterocycles. The van der Waals surface area contributed by atoms with E-state index in [4.69, 9.17) is 5.73 Å². The lowest BCUT2D eigenvalue weighted by Crippen LogP contribution is -2.28. The molecule has 80 valence electrons. The van der Waals surface area contributed by atoms with Gasteiger partial charge >= 0.3 is 0 Å². The fourth-order valence-corrected chi connectivity index (χ4v) is 2.19. The fraction of sp³-hybridized carbons (Fsp3) is 0.462. The molecule has 2 nitrogen and oxygen atoms in total. The Morgan fingerprint density at radius 2 is 2.07 bits per heavy atom. The van der Waals surface area contributed by atoms with Crippen LogP contribution >= 0.6 is 0 Å². The smallest absolute Gasteiger partial charge is 0.165 e. The van der Waals surface area contributed by atoms with Crippen molar-refractivity contribution in [1.29, 1.82) is 0 Å². The summed E-state index contributed by atoms with van der Waals surface area (Å²) in [6.07, 6.45) is 4.24. The van der Waals surface area contributed by atoms with Gasteiger partial charge in [0.2, 0.25) is 0 Å². The molecule has 0 radical (unpaired) electrons. The Labute approximate surface area is 90.5 Å². The van der Waals surface area contributed by atoms with Crippen LogP contribution in [0.3, 0.4) is 0 Å². The Balaban J connectivity index is 2.11. The minimum atomic E-state index is 0.190. The van der Waals surface area contributed by atoms with Gasteiger partial charge in [-0.25, -0.2) is 0 Å². The molecule has 1 fully saturated rings. The Bertz CT molecular complexity index is 380. The van der Waals surface area contributed by atoms with Crippen LogP contribution in [0.5, 0.6) is 0 Å². The molecule has 15 heavy (non-hydrogen) atoms. The molecule has 0 saturated heterocycles. The standard InChI is InChI=1S/C13H17NO/c1-13(7-4-8-13)9-12(15)10-5-2-3-6-11(10)14/h2-3,5-6H,4,7-9,14H2,1H3. The predicted molar refractivity (Wildman–Crippen MR) is 61.8 cm³/mol. The summed E-state index contributed by atoms with van der Waals surface area (Å²) in [5, 5.41) is 0. The molecule has 2 heteroatoms. The van der Waals surface area contributed by atoms with Crippen molar-refractivity contribution in [2.24, 2.45) is 5.41 Å². The molecule has 0 aliphatic heterocycles. The van der Waals surface area contributed by atoms with Crippen LogP contribution in [-0.4, -0.2) is 5.78 Å². The van der Waals surface area contributed by atoms with Gasteiger partial charge in [0.05, 0.1) is 0 Å². The number of hydrogen-bond donors (Lipinski definition) is 1. The van der Waals surface area contributed by atoms with Crippen LogP contribution in [0.15, 0.2) is 24.3 Å². The van der Waals surface area contributed by atoms with Gasteiger partial charge in [0.25, 0.3) is 0 Å². The third-order valence-corrected chi connectivity index (χ3v) is 3.41. The molecule has 1 aliphatic rings. The normalized spacial score (nSPS) is 18.2. The van der Waals surface area contributed by atoms with E-state index in [2.05, 4.69) is 6.92 Å². The van der Waals surface area contributed by atoms with E-state index in [9.17, 15) is 4.79 Å². The number of hydrogen-bond acceptors (Lipinski definition) is 2. The lowest BCUT2D eigenvalue weighted by atomic mass is 9.67. The molecule has 2 rings (SSSR count). The first-order chi connectivity index (χ1) is 7.11. The molecular weight excluding hydrogens is 186 g/mol. The van der Waals surface area contributed by atoms with Gasteiger partial charge < -0.3 is 5.73 Å². The number of carbonyl (C=O) groups excluding carboxylic acids is 1. The highest BCUT2D eigenvalue weighted by molar-refractivity contribution is 6.01. The zero-order valence-electron chi connectivity index (χ0n) is 9.12. The summed E-state index contributed by atoms with van der Waals surface area (Å²) in [6, 6.07) is 7.33. The number of anilines is 1. The molecule has 2 N–H and O–H groups in total. The van der Waals surface area contributed by atoms with Crippen molar-refractivity contribution in [2.75, 3.05) is 5.73 Å². The van der Waals surface area contributed by atoms with Gasteiger partial charge in [0.15, 0.2) is 5.78 Å². The number of nitrogen functional groups attached to an aromatic ring is 1. The van der Waals surface area contributed by atoms with E-state index in [0.717, 1.165) is 0 Å². The van der Waals surface area contributed by atoms with E-state index >= 15 is 0 Å². The van der Waals surface area contributed by atoms with Crippen molar-refractivity contribution in [3.8, 4) is 0 Å². The van der Waals surface area contributed by atoms with E-state index in [1.807, 2.05) is 18.2 Å². The van der Waals surface area contributed by atoms with E-state index in [1.165, 1.54) is 19.3 Å². The Kier molecular flexibility index (Phi) is 2.51. The number of Topliss-reactive ketones (excluding diaryl/α,β-unsaturated/α-hetero) is 1. The van der Waals surface area contributed by atoms with E-state index in [-0.39, 0.29) is 11.2 Å². The van der Waals surface area contributed by atoms with Gasteiger partial charge in [-0.3, -0.25) is 4.79 Å². The second-order valence-corrected chi connectivity index (χ2v) is 4.85. The van der Waals surface area contributed by atoms with Gasteiger partial charge in [-0.05, 0) is 30.4 Å². The SMILES string of the molecule is CC1(CC(=O)c2ccccc2N)CCC1. The van der Waals surface area contributed by atoms with E-state index in [0.29, 0.717) is 17.7 Å². The largest absolute Gasteiger partial charge is 0.398 e. The van der Waals surface area contributed by atoms with Gasteiger partial charge in [-0.2, -0.15) is 0 Å². The molecule has 1 aliphatic carbocycles. The van der Waals surface area contributed by atoms with Crippen LogP contribution in [0.25, 0.3) is 0 Å². The predicted octanol–water partition coefficient (Wildman–Crippen LogP) is 3.03. The molecule has 0 spiro atoms. The van der Waals surface area contributed by atoms with Crippen LogP contribution in [-0.2, 0) is 0 Å². The van der Waals surface area contributed by atoms with Crippen molar-refractivity contribution in [3.63, 3.8) is 0 Å². The number of para-hydroxylation sites is 1. The highest BCUT2D eigenvalue weighted by atomic mass is 16.1. The topological polar surface area (TPSA) is 43.1 Å². The van der Waals surface area contributed by atoms with Crippen molar-refractivity contribution < 1.29 is 4.79 Å². The Morgan fingerprint density at radius 1 is 1.40 bits per heavy atom. The zero-order chi connectivity index (χ0) is 10.9. The highest BCUT2D eigenvalue weighted by Gasteiger charge is 2.34. The maximum Gasteiger partial charge on any atom is 0.165 e. The van der Waals surface area contributed by atoms with Gasteiger partial charge in [-0.15, -0.1) is 0 Å². The molecule has 0 atom stereocenters. The second-order valence-electron chi connectivity index (χ2n) is 4.85. The summed E-state index contributed by atoms with van der Waals surface area (Å²) in [4.78, 5) is 12.0. The summed E-state index contributed by atoms with van der Waals surface area (Å²) >= 11 is 0. The number of carbonyl (C=O) groups is 1. The fourth-order valence-electron chi connectivity index (χ4n) is 2.19. The van der Waals surface area contributed by atoms with Crippen LogP contribution < -0.4 is 5.73 Å². The first-order valence-electron chi connectivity index (χ1n) is 5.48. The molecular formula is C13H17NO. The molecule has 0 bridgehead atoms. The van der Waals surface area contributed by atoms with Gasteiger partial charge in [0, 0.05) is 17.7 Å². The average molecular weight is 203 g/mol. The summed E-state index contributed by atoms with van der Waals surface area (Å²) < 4.78 is 0. The highest BCUT2D eigenvalue weighted by Crippen LogP contribution is 2.44.